The molecular weight excluding hydrogens is 400 g/mol. The third-order valence-corrected chi connectivity index (χ3v) is 6.69. The van der Waals surface area contributed by atoms with Gasteiger partial charge in [-0.2, -0.15) is 0 Å². The highest BCUT2D eigenvalue weighted by molar-refractivity contribution is 8.02. The number of fused-ring (bicyclic) bond motifs is 1. The molecule has 0 radical (unpaired) electrons. The lowest BCUT2D eigenvalue weighted by Gasteiger charge is -2.21. The monoisotopic (exact) mass is 416 g/mol. The summed E-state index contributed by atoms with van der Waals surface area (Å²) < 4.78 is 9.49. The number of hydrogen-bond acceptors (Lipinski definition) is 8. The smallest absolute Gasteiger partial charge is 0.293 e. The molecule has 3 heterocycles. The average Bonchev–Trinajstić information content (AvgIpc) is 3.41. The van der Waals surface area contributed by atoms with Crippen LogP contribution in [0.15, 0.2) is 62.7 Å². The van der Waals surface area contributed by atoms with Gasteiger partial charge in [-0.1, -0.05) is 17.4 Å². The Morgan fingerprint density at radius 3 is 2.96 bits per heavy atom. The summed E-state index contributed by atoms with van der Waals surface area (Å²) in [4.78, 5) is 16.6. The molecule has 0 unspecified atom stereocenters. The number of aromatic nitrogens is 1. The molecule has 3 aromatic heterocycles. The molecule has 138 valence electrons. The fraction of sp³-hybridized carbons (Fsp3) is 0.111. The Labute approximate surface area is 168 Å². The van der Waals surface area contributed by atoms with Crippen LogP contribution >= 0.6 is 34.6 Å². The molecular formula is C18H16N4O2S3. The van der Waals surface area contributed by atoms with Gasteiger partial charge >= 0.3 is 0 Å². The number of nitrogens with one attached hydrogen (secondary N) is 1. The first-order valence-electron chi connectivity index (χ1n) is 8.17. The molecule has 0 aliphatic rings. The van der Waals surface area contributed by atoms with Crippen LogP contribution in [0.25, 0.3) is 10.2 Å². The highest BCUT2D eigenvalue weighted by atomic mass is 32.2. The zero-order chi connectivity index (χ0) is 18.6. The Balaban J connectivity index is 1.56. The van der Waals surface area contributed by atoms with Gasteiger partial charge < -0.3 is 14.5 Å². The molecule has 6 nitrogen and oxygen atoms in total. The van der Waals surface area contributed by atoms with Gasteiger partial charge in [-0.05, 0) is 53.7 Å². The lowest BCUT2D eigenvalue weighted by molar-refractivity contribution is 0.0996. The van der Waals surface area contributed by atoms with Crippen LogP contribution in [0.4, 0.5) is 10.8 Å². The maximum absolute atomic E-state index is 12.1. The summed E-state index contributed by atoms with van der Waals surface area (Å²) >= 11 is 4.80. The van der Waals surface area contributed by atoms with Crippen LogP contribution in [-0.2, 0) is 0 Å². The van der Waals surface area contributed by atoms with Crippen molar-refractivity contribution in [2.75, 3.05) is 22.7 Å². The number of carbonyl (C=O) groups is 1. The van der Waals surface area contributed by atoms with Crippen molar-refractivity contribution in [1.82, 2.24) is 4.98 Å². The summed E-state index contributed by atoms with van der Waals surface area (Å²) in [5, 5.41) is 5.38. The van der Waals surface area contributed by atoms with Crippen LogP contribution in [0.1, 0.15) is 10.6 Å². The van der Waals surface area contributed by atoms with Crippen LogP contribution in [0.2, 0.25) is 0 Å². The number of benzene rings is 1. The second-order valence-corrected chi connectivity index (χ2v) is 8.82. The molecule has 0 aliphatic heterocycles. The van der Waals surface area contributed by atoms with Gasteiger partial charge in [0.1, 0.15) is 0 Å². The minimum atomic E-state index is -0.308. The van der Waals surface area contributed by atoms with Crippen molar-refractivity contribution in [3.63, 3.8) is 0 Å². The molecule has 1 aromatic carbocycles. The number of nitrogens with two attached hydrogens (primary N) is 1. The van der Waals surface area contributed by atoms with Gasteiger partial charge in [-0.15, -0.1) is 11.3 Å². The Morgan fingerprint density at radius 2 is 2.22 bits per heavy atom. The molecule has 4 rings (SSSR count). The summed E-state index contributed by atoms with van der Waals surface area (Å²) in [6.45, 7) is 1.29. The number of thiophene rings is 1. The predicted octanol–water partition coefficient (Wildman–Crippen LogP) is 4.68. The quantitative estimate of drug-likeness (QED) is 0.426. The van der Waals surface area contributed by atoms with Crippen LogP contribution in [0.5, 0.6) is 0 Å². The lowest BCUT2D eigenvalue weighted by atomic mass is 10.3. The standard InChI is InChI=1S/C18H16N4O2S3/c19-7-8-22(27-16-4-2-10-25-16)12-5-6-13-15(11-12)26-18(20-13)21-17(23)14-3-1-9-24-14/h1-6,9-11H,7-8,19H2,(H,20,21,23). The van der Waals surface area contributed by atoms with Gasteiger partial charge in [0.25, 0.3) is 5.91 Å². The van der Waals surface area contributed by atoms with Gasteiger partial charge in [0.15, 0.2) is 10.9 Å². The summed E-state index contributed by atoms with van der Waals surface area (Å²) in [6.07, 6.45) is 1.47. The van der Waals surface area contributed by atoms with Crippen molar-refractivity contribution >= 4 is 61.6 Å². The number of furan rings is 1. The molecule has 9 heteroatoms. The third kappa shape index (κ3) is 4.16. The van der Waals surface area contributed by atoms with E-state index in [1.54, 1.807) is 35.4 Å². The van der Waals surface area contributed by atoms with E-state index in [2.05, 4.69) is 32.1 Å². The van der Waals surface area contributed by atoms with E-state index in [1.807, 2.05) is 18.2 Å². The molecule has 27 heavy (non-hydrogen) atoms. The number of amides is 1. The summed E-state index contributed by atoms with van der Waals surface area (Å²) in [5.74, 6) is -0.0475. The summed E-state index contributed by atoms with van der Waals surface area (Å²) in [6, 6.07) is 13.5. The second-order valence-electron chi connectivity index (χ2n) is 5.52. The van der Waals surface area contributed by atoms with Crippen molar-refractivity contribution < 1.29 is 9.21 Å². The van der Waals surface area contributed by atoms with Gasteiger partial charge in [-0.3, -0.25) is 10.1 Å². The zero-order valence-electron chi connectivity index (χ0n) is 14.1. The maximum Gasteiger partial charge on any atom is 0.293 e. The SMILES string of the molecule is NCCN(Sc1cccs1)c1ccc2nc(NC(=O)c3ccco3)sc2c1. The Morgan fingerprint density at radius 1 is 1.30 bits per heavy atom. The van der Waals surface area contributed by atoms with Crippen molar-refractivity contribution in [1.29, 1.82) is 0 Å². The number of anilines is 2. The molecule has 0 aliphatic carbocycles. The summed E-state index contributed by atoms with van der Waals surface area (Å²) in [5.41, 5.74) is 7.69. The number of rotatable bonds is 7. The first-order chi connectivity index (χ1) is 13.2. The number of nitrogens with zero attached hydrogens (tertiary/aromatic N) is 2. The van der Waals surface area contributed by atoms with E-state index in [-0.39, 0.29) is 11.7 Å². The van der Waals surface area contributed by atoms with Crippen LogP contribution in [-0.4, -0.2) is 24.0 Å². The fourth-order valence-corrected chi connectivity index (χ4v) is 5.18. The minimum absolute atomic E-state index is 0.261. The predicted molar refractivity (Wildman–Crippen MR) is 113 cm³/mol. The molecule has 0 saturated heterocycles. The maximum atomic E-state index is 12.1. The van der Waals surface area contributed by atoms with E-state index in [9.17, 15) is 4.79 Å². The second kappa shape index (κ2) is 8.13. The fourth-order valence-electron chi connectivity index (χ4n) is 2.46. The molecule has 0 atom stereocenters. The molecule has 0 bridgehead atoms. The van der Waals surface area contributed by atoms with E-state index < -0.39 is 0 Å². The van der Waals surface area contributed by atoms with E-state index in [1.165, 1.54) is 21.8 Å². The number of hydrogen-bond donors (Lipinski definition) is 2. The molecule has 0 spiro atoms. The zero-order valence-corrected chi connectivity index (χ0v) is 16.6. The van der Waals surface area contributed by atoms with Gasteiger partial charge in [0.05, 0.1) is 20.7 Å². The van der Waals surface area contributed by atoms with Crippen LogP contribution in [0.3, 0.4) is 0 Å². The van der Waals surface area contributed by atoms with E-state index in [0.29, 0.717) is 11.7 Å². The molecule has 1 amide bonds. The minimum Gasteiger partial charge on any atom is -0.459 e. The first kappa shape index (κ1) is 18.1. The normalized spacial score (nSPS) is 11.0. The van der Waals surface area contributed by atoms with Gasteiger partial charge in [0, 0.05) is 18.8 Å². The third-order valence-electron chi connectivity index (χ3n) is 3.65. The molecule has 4 aromatic rings. The molecule has 0 fully saturated rings. The topological polar surface area (TPSA) is 84.4 Å². The van der Waals surface area contributed by atoms with Gasteiger partial charge in [-0.25, -0.2) is 4.98 Å². The van der Waals surface area contributed by atoms with E-state index >= 15 is 0 Å². The Bertz CT molecular complexity index is 1030. The van der Waals surface area contributed by atoms with Gasteiger partial charge in [0.2, 0.25) is 0 Å². The Kier molecular flexibility index (Phi) is 5.44. The molecule has 0 saturated carbocycles. The van der Waals surface area contributed by atoms with Crippen LogP contribution in [0, 0.1) is 0 Å². The molecule has 3 N–H and O–H groups in total. The first-order valence-corrected chi connectivity index (χ1v) is 10.6. The number of thiazole rings is 1. The Hall–Kier alpha value is -2.33. The van der Waals surface area contributed by atoms with Crippen molar-refractivity contribution in [3.05, 3.63) is 59.9 Å². The average molecular weight is 417 g/mol. The van der Waals surface area contributed by atoms with E-state index in [4.69, 9.17) is 10.2 Å². The highest BCUT2D eigenvalue weighted by Gasteiger charge is 2.14. The van der Waals surface area contributed by atoms with Crippen molar-refractivity contribution in [3.8, 4) is 0 Å². The van der Waals surface area contributed by atoms with Crippen LogP contribution < -0.4 is 15.4 Å². The lowest BCUT2D eigenvalue weighted by Crippen LogP contribution is -2.22. The van der Waals surface area contributed by atoms with E-state index in [0.717, 1.165) is 22.4 Å². The van der Waals surface area contributed by atoms with Crippen molar-refractivity contribution in [2.45, 2.75) is 4.21 Å². The van der Waals surface area contributed by atoms with Crippen molar-refractivity contribution in [2.24, 2.45) is 5.73 Å². The number of carbonyl (C=O) groups excluding carboxylic acids is 1. The summed E-state index contributed by atoms with van der Waals surface area (Å²) in [7, 11) is 0. The largest absolute Gasteiger partial charge is 0.459 e. The highest BCUT2D eigenvalue weighted by Crippen LogP contribution is 2.35.